The van der Waals surface area contributed by atoms with Crippen LogP contribution in [-0.4, -0.2) is 39.9 Å². The summed E-state index contributed by atoms with van der Waals surface area (Å²) in [6, 6.07) is 0. The maximum atomic E-state index is 12.0. The predicted octanol–water partition coefficient (Wildman–Crippen LogP) is 1.14. The van der Waals surface area contributed by atoms with Crippen LogP contribution in [-0.2, 0) is 11.8 Å². The monoisotopic (exact) mass is 293 g/mol. The van der Waals surface area contributed by atoms with Crippen LogP contribution in [0.2, 0.25) is 5.15 Å². The van der Waals surface area contributed by atoms with Gasteiger partial charge in [0.15, 0.2) is 0 Å². The van der Waals surface area contributed by atoms with E-state index in [0.717, 1.165) is 6.08 Å². The van der Waals surface area contributed by atoms with Crippen molar-refractivity contribution in [1.82, 2.24) is 15.1 Å². The lowest BCUT2D eigenvalue weighted by molar-refractivity contribution is -0.117. The van der Waals surface area contributed by atoms with E-state index in [0.29, 0.717) is 16.4 Å². The number of aliphatic hydroxyl groups is 1. The third-order valence-corrected chi connectivity index (χ3v) is 2.82. The Labute approximate surface area is 113 Å². The Kier molecular flexibility index (Phi) is 5.44. The number of carbonyl (C=O) groups excluding carboxylic acids is 1. The molecule has 8 heteroatoms. The minimum Gasteiger partial charge on any atom is -0.385 e. The highest BCUT2D eigenvalue weighted by atomic mass is 35.5. The summed E-state index contributed by atoms with van der Waals surface area (Å²) in [4.78, 5) is 11.3. The van der Waals surface area contributed by atoms with E-state index in [2.05, 4.69) is 10.4 Å². The van der Waals surface area contributed by atoms with Gasteiger partial charge >= 0.3 is 0 Å². The smallest absolute Gasteiger partial charge is 0.265 e. The van der Waals surface area contributed by atoms with Crippen molar-refractivity contribution in [2.24, 2.45) is 7.05 Å². The normalized spacial score (nSPS) is 13.2. The number of aryl methyl sites for hydroxylation is 2. The lowest BCUT2D eigenvalue weighted by Crippen LogP contribution is -2.34. The molecular formula is C11H14ClF2N3O2. The van der Waals surface area contributed by atoms with Crippen LogP contribution in [0.3, 0.4) is 0 Å². The number of alkyl halides is 2. The van der Waals surface area contributed by atoms with Crippen molar-refractivity contribution < 1.29 is 18.7 Å². The van der Waals surface area contributed by atoms with Crippen molar-refractivity contribution in [3.8, 4) is 0 Å². The Morgan fingerprint density at radius 1 is 1.63 bits per heavy atom. The highest BCUT2D eigenvalue weighted by molar-refractivity contribution is 6.31. The summed E-state index contributed by atoms with van der Waals surface area (Å²) in [5, 5.41) is 15.4. The summed E-state index contributed by atoms with van der Waals surface area (Å²) in [6.07, 6.45) is -2.18. The Balaban J connectivity index is 2.59. The molecule has 0 aliphatic carbocycles. The van der Waals surface area contributed by atoms with Gasteiger partial charge in [-0.3, -0.25) is 9.48 Å². The van der Waals surface area contributed by atoms with Gasteiger partial charge < -0.3 is 10.4 Å². The van der Waals surface area contributed by atoms with E-state index in [1.165, 1.54) is 10.8 Å². The van der Waals surface area contributed by atoms with Crippen LogP contribution in [0.1, 0.15) is 11.3 Å². The van der Waals surface area contributed by atoms with Gasteiger partial charge in [-0.1, -0.05) is 11.6 Å². The first-order valence-electron chi connectivity index (χ1n) is 5.44. The molecule has 1 amide bonds. The van der Waals surface area contributed by atoms with Crippen LogP contribution in [0.25, 0.3) is 6.08 Å². The second-order valence-corrected chi connectivity index (χ2v) is 4.25. The van der Waals surface area contributed by atoms with Gasteiger partial charge in [0.25, 0.3) is 6.43 Å². The molecule has 1 atom stereocenters. The lowest BCUT2D eigenvalue weighted by Gasteiger charge is -2.08. The number of nitrogens with one attached hydrogen (secondary N) is 1. The molecule has 19 heavy (non-hydrogen) atoms. The first-order valence-corrected chi connectivity index (χ1v) is 5.82. The molecule has 1 heterocycles. The molecule has 0 fully saturated rings. The van der Waals surface area contributed by atoms with E-state index in [1.807, 2.05) is 0 Å². The number of hydrogen-bond donors (Lipinski definition) is 2. The van der Waals surface area contributed by atoms with Crippen LogP contribution in [0.15, 0.2) is 6.08 Å². The average molecular weight is 294 g/mol. The first kappa shape index (κ1) is 15.6. The van der Waals surface area contributed by atoms with Crippen LogP contribution < -0.4 is 5.32 Å². The Hall–Kier alpha value is -1.47. The van der Waals surface area contributed by atoms with Crippen LogP contribution in [0, 0.1) is 6.92 Å². The van der Waals surface area contributed by atoms with Crippen molar-refractivity contribution in [2.45, 2.75) is 19.5 Å². The zero-order valence-corrected chi connectivity index (χ0v) is 11.2. The fourth-order valence-electron chi connectivity index (χ4n) is 1.35. The van der Waals surface area contributed by atoms with Gasteiger partial charge in [0.2, 0.25) is 5.91 Å². The van der Waals surface area contributed by atoms with Gasteiger partial charge in [0.1, 0.15) is 11.3 Å². The molecule has 0 saturated heterocycles. The van der Waals surface area contributed by atoms with Gasteiger partial charge in [-0.05, 0) is 13.0 Å². The van der Waals surface area contributed by atoms with Gasteiger partial charge in [0, 0.05) is 25.2 Å². The second-order valence-electron chi connectivity index (χ2n) is 3.89. The Morgan fingerprint density at radius 3 is 2.74 bits per heavy atom. The molecule has 1 unspecified atom stereocenters. The predicted molar refractivity (Wildman–Crippen MR) is 67.0 cm³/mol. The molecule has 106 valence electrons. The minimum absolute atomic E-state index is 0.370. The molecule has 1 rings (SSSR count). The lowest BCUT2D eigenvalue weighted by atomic mass is 10.2. The Bertz CT molecular complexity index is 489. The molecule has 0 radical (unpaired) electrons. The van der Waals surface area contributed by atoms with Crippen LogP contribution in [0.4, 0.5) is 8.78 Å². The van der Waals surface area contributed by atoms with Crippen LogP contribution >= 0.6 is 11.6 Å². The van der Waals surface area contributed by atoms with Crippen molar-refractivity contribution in [3.05, 3.63) is 22.5 Å². The summed E-state index contributed by atoms with van der Waals surface area (Å²) >= 11 is 5.94. The Morgan fingerprint density at radius 2 is 2.26 bits per heavy atom. The average Bonchev–Trinajstić information content (AvgIpc) is 2.58. The molecule has 1 aromatic heterocycles. The van der Waals surface area contributed by atoms with Gasteiger partial charge in [-0.2, -0.15) is 5.10 Å². The fraction of sp³-hybridized carbons (Fsp3) is 0.455. The topological polar surface area (TPSA) is 67.2 Å². The van der Waals surface area contributed by atoms with Crippen molar-refractivity contribution in [2.75, 3.05) is 6.54 Å². The fourth-order valence-corrected chi connectivity index (χ4v) is 1.59. The van der Waals surface area contributed by atoms with E-state index < -0.39 is 25.0 Å². The van der Waals surface area contributed by atoms with Gasteiger partial charge in [-0.25, -0.2) is 8.78 Å². The molecule has 5 nitrogen and oxygen atoms in total. The number of carbonyl (C=O) groups is 1. The molecular weight excluding hydrogens is 280 g/mol. The minimum atomic E-state index is -2.89. The third-order valence-electron chi connectivity index (χ3n) is 2.37. The summed E-state index contributed by atoms with van der Waals surface area (Å²) in [7, 11) is 1.66. The SMILES string of the molecule is Cc1nn(C)c(Cl)c1/C=C/C(=O)NCC(O)C(F)F. The maximum Gasteiger partial charge on any atom is 0.265 e. The summed E-state index contributed by atoms with van der Waals surface area (Å²) in [5.41, 5.74) is 1.22. The number of amides is 1. The molecule has 0 aliphatic heterocycles. The van der Waals surface area contributed by atoms with Gasteiger partial charge in [-0.15, -0.1) is 0 Å². The highest BCUT2D eigenvalue weighted by Crippen LogP contribution is 2.19. The van der Waals surface area contributed by atoms with E-state index >= 15 is 0 Å². The highest BCUT2D eigenvalue weighted by Gasteiger charge is 2.16. The zero-order chi connectivity index (χ0) is 14.6. The maximum absolute atomic E-state index is 12.0. The summed E-state index contributed by atoms with van der Waals surface area (Å²) in [6.45, 7) is 1.21. The molecule has 0 aliphatic rings. The molecule has 1 aromatic rings. The number of nitrogens with zero attached hydrogens (tertiary/aromatic N) is 2. The van der Waals surface area contributed by atoms with Crippen LogP contribution in [0.5, 0.6) is 0 Å². The quantitative estimate of drug-likeness (QED) is 0.800. The third kappa shape index (κ3) is 4.29. The standard InChI is InChI=1S/C11H14ClF2N3O2/c1-6-7(10(12)17(2)16-6)3-4-9(19)15-5-8(18)11(13)14/h3-4,8,11,18H,5H2,1-2H3,(H,15,19)/b4-3+. The largest absolute Gasteiger partial charge is 0.385 e. The number of halogens is 3. The number of rotatable bonds is 5. The molecule has 0 saturated carbocycles. The molecule has 2 N–H and O–H groups in total. The summed E-state index contributed by atoms with van der Waals surface area (Å²) in [5.74, 6) is -0.598. The molecule has 0 bridgehead atoms. The first-order chi connectivity index (χ1) is 8.82. The van der Waals surface area contributed by atoms with Crippen molar-refractivity contribution >= 4 is 23.6 Å². The van der Waals surface area contributed by atoms with E-state index in [4.69, 9.17) is 16.7 Å². The van der Waals surface area contributed by atoms with E-state index in [-0.39, 0.29) is 0 Å². The van der Waals surface area contributed by atoms with Crippen molar-refractivity contribution in [1.29, 1.82) is 0 Å². The molecule has 0 aromatic carbocycles. The molecule has 0 spiro atoms. The van der Waals surface area contributed by atoms with E-state index in [1.54, 1.807) is 14.0 Å². The van der Waals surface area contributed by atoms with Crippen molar-refractivity contribution in [3.63, 3.8) is 0 Å². The number of aromatic nitrogens is 2. The number of aliphatic hydroxyl groups excluding tert-OH is 1. The second kappa shape index (κ2) is 6.63. The van der Waals surface area contributed by atoms with E-state index in [9.17, 15) is 13.6 Å². The van der Waals surface area contributed by atoms with Gasteiger partial charge in [0.05, 0.1) is 5.69 Å². The number of hydrogen-bond acceptors (Lipinski definition) is 3. The summed E-state index contributed by atoms with van der Waals surface area (Å²) < 4.78 is 25.4. The zero-order valence-electron chi connectivity index (χ0n) is 10.4.